The highest BCUT2D eigenvalue weighted by molar-refractivity contribution is 5.18. The molecule has 0 aromatic heterocycles. The number of halogens is 2. The second kappa shape index (κ2) is 7.47. The van der Waals surface area contributed by atoms with Crippen LogP contribution in [0.15, 0.2) is 18.2 Å². The number of hydrogen-bond acceptors (Lipinski definition) is 1. The smallest absolute Gasteiger partial charge is 0.126 e. The van der Waals surface area contributed by atoms with Crippen molar-refractivity contribution < 1.29 is 8.78 Å². The molecular weight excluding hydrogens is 232 g/mol. The monoisotopic (exact) mass is 255 g/mol. The van der Waals surface area contributed by atoms with Gasteiger partial charge in [-0.25, -0.2) is 8.78 Å². The summed E-state index contributed by atoms with van der Waals surface area (Å²) in [5.74, 6) is -0.583. The molecule has 18 heavy (non-hydrogen) atoms. The highest BCUT2D eigenvalue weighted by Gasteiger charge is 2.16. The van der Waals surface area contributed by atoms with Gasteiger partial charge in [-0.2, -0.15) is 0 Å². The predicted octanol–water partition coefficient (Wildman–Crippen LogP) is 3.92. The van der Waals surface area contributed by atoms with Gasteiger partial charge in [-0.1, -0.05) is 20.3 Å². The fourth-order valence-electron chi connectivity index (χ4n) is 2.24. The molecule has 0 amide bonds. The predicted molar refractivity (Wildman–Crippen MR) is 71.6 cm³/mol. The van der Waals surface area contributed by atoms with Gasteiger partial charge in [0.05, 0.1) is 0 Å². The Morgan fingerprint density at radius 3 is 2.22 bits per heavy atom. The van der Waals surface area contributed by atoms with Gasteiger partial charge < -0.3 is 5.32 Å². The molecule has 3 heteroatoms. The van der Waals surface area contributed by atoms with Crippen LogP contribution < -0.4 is 5.32 Å². The van der Waals surface area contributed by atoms with Gasteiger partial charge in [-0.3, -0.25) is 0 Å². The third-order valence-corrected chi connectivity index (χ3v) is 3.37. The molecule has 0 saturated carbocycles. The molecule has 102 valence electrons. The van der Waals surface area contributed by atoms with Gasteiger partial charge in [0.25, 0.3) is 0 Å². The van der Waals surface area contributed by atoms with Crippen molar-refractivity contribution in [2.45, 2.75) is 46.1 Å². The van der Waals surface area contributed by atoms with Crippen LogP contribution in [0, 0.1) is 17.6 Å². The van der Waals surface area contributed by atoms with Crippen molar-refractivity contribution in [1.82, 2.24) is 5.32 Å². The van der Waals surface area contributed by atoms with E-state index in [0.717, 1.165) is 31.0 Å². The van der Waals surface area contributed by atoms with E-state index in [0.29, 0.717) is 18.4 Å². The molecule has 0 bridgehead atoms. The van der Waals surface area contributed by atoms with Crippen LogP contribution in [0.25, 0.3) is 0 Å². The zero-order chi connectivity index (χ0) is 13.5. The van der Waals surface area contributed by atoms with E-state index in [9.17, 15) is 8.78 Å². The first-order chi connectivity index (χ1) is 8.56. The van der Waals surface area contributed by atoms with Gasteiger partial charge >= 0.3 is 0 Å². The van der Waals surface area contributed by atoms with E-state index in [1.807, 2.05) is 0 Å². The summed E-state index contributed by atoms with van der Waals surface area (Å²) in [6.07, 6.45) is 2.80. The number of hydrogen-bond donors (Lipinski definition) is 1. The van der Waals surface area contributed by atoms with E-state index < -0.39 is 11.6 Å². The Labute approximate surface area is 109 Å². The zero-order valence-electron chi connectivity index (χ0n) is 11.5. The molecule has 1 rings (SSSR count). The summed E-state index contributed by atoms with van der Waals surface area (Å²) in [7, 11) is 0. The molecule has 1 aromatic rings. The molecule has 0 spiro atoms. The van der Waals surface area contributed by atoms with E-state index in [2.05, 4.69) is 26.1 Å². The zero-order valence-corrected chi connectivity index (χ0v) is 11.5. The largest absolute Gasteiger partial charge is 0.314 e. The maximum absolute atomic E-state index is 13.1. The molecule has 0 radical (unpaired) electrons. The molecule has 0 fully saturated rings. The van der Waals surface area contributed by atoms with Crippen LogP contribution in [0.3, 0.4) is 0 Å². The normalized spacial score (nSPS) is 14.5. The van der Waals surface area contributed by atoms with Crippen LogP contribution in [-0.2, 0) is 6.42 Å². The highest BCUT2D eigenvalue weighted by atomic mass is 19.1. The lowest BCUT2D eigenvalue weighted by Crippen LogP contribution is -2.34. The van der Waals surface area contributed by atoms with Gasteiger partial charge in [-0.05, 0) is 49.9 Å². The average molecular weight is 255 g/mol. The Hall–Kier alpha value is -0.960. The lowest BCUT2D eigenvalue weighted by Gasteiger charge is -2.24. The minimum atomic E-state index is -0.492. The van der Waals surface area contributed by atoms with Crippen LogP contribution in [0.4, 0.5) is 8.78 Å². The van der Waals surface area contributed by atoms with Gasteiger partial charge in [0.15, 0.2) is 0 Å². The highest BCUT2D eigenvalue weighted by Crippen LogP contribution is 2.18. The van der Waals surface area contributed by atoms with Crippen molar-refractivity contribution in [2.24, 2.45) is 5.92 Å². The van der Waals surface area contributed by atoms with Crippen molar-refractivity contribution >= 4 is 0 Å². The summed E-state index contributed by atoms with van der Waals surface area (Å²) in [5.41, 5.74) is 0.740. The molecule has 2 atom stereocenters. The minimum Gasteiger partial charge on any atom is -0.314 e. The third kappa shape index (κ3) is 4.73. The second-order valence-corrected chi connectivity index (χ2v) is 4.89. The number of benzene rings is 1. The Balaban J connectivity index is 2.66. The Morgan fingerprint density at radius 2 is 1.72 bits per heavy atom. The molecular formula is C15H23F2N. The second-order valence-electron chi connectivity index (χ2n) is 4.89. The van der Waals surface area contributed by atoms with Gasteiger partial charge in [0.1, 0.15) is 11.6 Å². The molecule has 0 aliphatic carbocycles. The van der Waals surface area contributed by atoms with Gasteiger partial charge in [0.2, 0.25) is 0 Å². The third-order valence-electron chi connectivity index (χ3n) is 3.37. The molecule has 1 N–H and O–H groups in total. The molecule has 0 saturated heterocycles. The Kier molecular flexibility index (Phi) is 6.27. The lowest BCUT2D eigenvalue weighted by molar-refractivity contribution is 0.361. The van der Waals surface area contributed by atoms with Crippen LogP contribution in [-0.4, -0.2) is 12.6 Å². The maximum atomic E-state index is 13.1. The molecule has 1 nitrogen and oxygen atoms in total. The average Bonchev–Trinajstić information content (AvgIpc) is 2.31. The summed E-state index contributed by atoms with van der Waals surface area (Å²) >= 11 is 0. The topological polar surface area (TPSA) is 12.0 Å². The first-order valence-corrected chi connectivity index (χ1v) is 6.75. The van der Waals surface area contributed by atoms with Crippen molar-refractivity contribution in [3.8, 4) is 0 Å². The summed E-state index contributed by atoms with van der Waals surface area (Å²) in [6.45, 7) is 7.36. The Bertz CT molecular complexity index is 345. The molecule has 0 heterocycles. The molecule has 0 aliphatic heterocycles. The van der Waals surface area contributed by atoms with Crippen molar-refractivity contribution in [3.05, 3.63) is 35.4 Å². The van der Waals surface area contributed by atoms with Gasteiger partial charge in [-0.15, -0.1) is 0 Å². The van der Waals surface area contributed by atoms with Crippen LogP contribution in [0.1, 0.15) is 39.2 Å². The number of rotatable bonds is 7. The SMILES string of the molecule is CCCNC(C)C(CC)Cc1cc(F)cc(F)c1. The fourth-order valence-corrected chi connectivity index (χ4v) is 2.24. The van der Waals surface area contributed by atoms with Crippen LogP contribution in [0.2, 0.25) is 0 Å². The maximum Gasteiger partial charge on any atom is 0.126 e. The molecule has 0 aliphatic rings. The number of nitrogens with one attached hydrogen (secondary N) is 1. The molecule has 1 aromatic carbocycles. The van der Waals surface area contributed by atoms with E-state index in [1.165, 1.54) is 12.1 Å². The first kappa shape index (κ1) is 15.1. The van der Waals surface area contributed by atoms with Crippen molar-refractivity contribution in [1.29, 1.82) is 0 Å². The summed E-state index contributed by atoms with van der Waals surface area (Å²) < 4.78 is 26.3. The first-order valence-electron chi connectivity index (χ1n) is 6.75. The molecule has 2 unspecified atom stereocenters. The standard InChI is InChI=1S/C15H23F2N/c1-4-6-18-11(3)13(5-2)7-12-8-14(16)10-15(17)9-12/h8-11,13,18H,4-7H2,1-3H3. The summed E-state index contributed by atoms with van der Waals surface area (Å²) in [5, 5.41) is 3.45. The van der Waals surface area contributed by atoms with Crippen molar-refractivity contribution in [3.63, 3.8) is 0 Å². The van der Waals surface area contributed by atoms with Gasteiger partial charge in [0, 0.05) is 12.1 Å². The van der Waals surface area contributed by atoms with E-state index in [1.54, 1.807) is 0 Å². The lowest BCUT2D eigenvalue weighted by atomic mass is 9.90. The minimum absolute atomic E-state index is 0.362. The van der Waals surface area contributed by atoms with E-state index in [4.69, 9.17) is 0 Å². The van der Waals surface area contributed by atoms with Crippen molar-refractivity contribution in [2.75, 3.05) is 6.54 Å². The van der Waals surface area contributed by atoms with Crippen LogP contribution in [0.5, 0.6) is 0 Å². The van der Waals surface area contributed by atoms with Crippen LogP contribution >= 0.6 is 0 Å². The van der Waals surface area contributed by atoms with E-state index in [-0.39, 0.29) is 0 Å². The van der Waals surface area contributed by atoms with E-state index >= 15 is 0 Å². The quantitative estimate of drug-likeness (QED) is 0.778. The Morgan fingerprint density at radius 1 is 1.11 bits per heavy atom. The summed E-state index contributed by atoms with van der Waals surface area (Å²) in [6, 6.07) is 4.14. The summed E-state index contributed by atoms with van der Waals surface area (Å²) in [4.78, 5) is 0. The fraction of sp³-hybridized carbons (Fsp3) is 0.600.